The van der Waals surface area contributed by atoms with Crippen molar-refractivity contribution in [3.63, 3.8) is 0 Å². The molecule has 9 heteroatoms. The molecule has 5 rings (SSSR count). The van der Waals surface area contributed by atoms with Gasteiger partial charge in [-0.05, 0) is 62.2 Å². The zero-order chi connectivity index (χ0) is 25.1. The number of aromatic nitrogens is 1. The second-order valence-electron chi connectivity index (χ2n) is 8.86. The number of amides is 2. The number of rotatable bonds is 7. The van der Waals surface area contributed by atoms with Crippen LogP contribution in [0.2, 0.25) is 10.0 Å². The molecule has 188 valence electrons. The number of hydrogen-bond donors (Lipinski definition) is 2. The molecule has 2 N–H and O–H groups in total. The number of halogens is 2. The number of carbonyl (C=O) groups is 1. The minimum absolute atomic E-state index is 0.198. The maximum absolute atomic E-state index is 13.8. The summed E-state index contributed by atoms with van der Waals surface area (Å²) in [5, 5.41) is 8.08. The summed E-state index contributed by atoms with van der Waals surface area (Å²) in [6.07, 6.45) is 3.69. The van der Waals surface area contributed by atoms with Gasteiger partial charge in [-0.1, -0.05) is 29.3 Å². The fraction of sp³-hybridized carbons (Fsp3) is 0.333. The maximum Gasteiger partial charge on any atom is 0.334 e. The minimum atomic E-state index is -0.198. The van der Waals surface area contributed by atoms with Gasteiger partial charge in [-0.25, -0.2) is 9.78 Å². The Labute approximate surface area is 221 Å². The minimum Gasteiger partial charge on any atom is -0.384 e. The number of fused-ring (bicyclic) bond motifs is 3. The van der Waals surface area contributed by atoms with E-state index < -0.39 is 0 Å². The lowest BCUT2D eigenvalue weighted by Gasteiger charge is -2.28. The van der Waals surface area contributed by atoms with Crippen molar-refractivity contribution in [3.05, 3.63) is 64.8 Å². The molecule has 7 nitrogen and oxygen atoms in total. The number of nitrogens with one attached hydrogen (secondary N) is 2. The monoisotopic (exact) mass is 525 g/mol. The zero-order valence-electron chi connectivity index (χ0n) is 20.1. The molecule has 1 saturated heterocycles. The Morgan fingerprint density at radius 1 is 1.00 bits per heavy atom. The van der Waals surface area contributed by atoms with Gasteiger partial charge in [0.15, 0.2) is 0 Å². The number of urea groups is 1. The molecule has 0 saturated carbocycles. The number of carbonyl (C=O) groups excluding carboxylic acids is 1. The lowest BCUT2D eigenvalue weighted by Crippen LogP contribution is -2.40. The van der Waals surface area contributed by atoms with Gasteiger partial charge in [0.05, 0.1) is 16.4 Å². The summed E-state index contributed by atoms with van der Waals surface area (Å²) < 4.78 is 5.41. The van der Waals surface area contributed by atoms with Crippen molar-refractivity contribution in [3.8, 4) is 11.1 Å². The summed E-state index contributed by atoms with van der Waals surface area (Å²) in [4.78, 5) is 21.7. The van der Waals surface area contributed by atoms with E-state index in [4.69, 9.17) is 27.9 Å². The van der Waals surface area contributed by atoms with E-state index in [0.29, 0.717) is 34.1 Å². The maximum atomic E-state index is 13.8. The van der Waals surface area contributed by atoms with E-state index in [0.717, 1.165) is 61.6 Å². The molecule has 2 aliphatic heterocycles. The number of anilines is 4. The van der Waals surface area contributed by atoms with E-state index in [1.807, 2.05) is 55.5 Å². The quantitative estimate of drug-likeness (QED) is 0.352. The summed E-state index contributed by atoms with van der Waals surface area (Å²) in [5.74, 6) is 0.577. The van der Waals surface area contributed by atoms with E-state index in [2.05, 4.69) is 15.6 Å². The number of nitrogens with zero attached hydrogens (tertiary/aromatic N) is 3. The number of pyridine rings is 1. The molecule has 1 aromatic heterocycles. The van der Waals surface area contributed by atoms with Crippen LogP contribution in [0.25, 0.3) is 11.1 Å². The van der Waals surface area contributed by atoms with Crippen LogP contribution in [0.4, 0.5) is 27.7 Å². The molecule has 0 atom stereocenters. The van der Waals surface area contributed by atoms with Crippen LogP contribution < -0.4 is 20.4 Å². The topological polar surface area (TPSA) is 69.7 Å². The third kappa shape index (κ3) is 5.15. The van der Waals surface area contributed by atoms with Gasteiger partial charge < -0.3 is 15.4 Å². The van der Waals surface area contributed by atoms with Crippen molar-refractivity contribution in [1.29, 1.82) is 0 Å². The van der Waals surface area contributed by atoms with E-state index in [1.54, 1.807) is 16.0 Å². The lowest BCUT2D eigenvalue weighted by atomic mass is 10.0. The van der Waals surface area contributed by atoms with Gasteiger partial charge in [0.2, 0.25) is 0 Å². The SMILES string of the molecule is CCN1C(=O)N(c2ccc(NCCNC3CCOCC3)cc2)c2cc(Cl)ccc2-c2cc(Cl)cnc21. The molecule has 2 aromatic carbocycles. The molecular formula is C27H29Cl2N5O2. The largest absolute Gasteiger partial charge is 0.384 e. The summed E-state index contributed by atoms with van der Waals surface area (Å²) >= 11 is 12.7. The number of hydrogen-bond acceptors (Lipinski definition) is 5. The normalized spacial score (nSPS) is 15.9. The van der Waals surface area contributed by atoms with Crippen molar-refractivity contribution < 1.29 is 9.53 Å². The van der Waals surface area contributed by atoms with Crippen molar-refractivity contribution in [2.75, 3.05) is 48.0 Å². The Balaban J connectivity index is 1.39. The summed E-state index contributed by atoms with van der Waals surface area (Å²) in [7, 11) is 0. The molecule has 2 aliphatic rings. The first-order valence-electron chi connectivity index (χ1n) is 12.3. The second-order valence-corrected chi connectivity index (χ2v) is 9.74. The molecule has 1 fully saturated rings. The Morgan fingerprint density at radius 2 is 1.78 bits per heavy atom. The second kappa shape index (κ2) is 11.0. The molecule has 0 bridgehead atoms. The molecule has 36 heavy (non-hydrogen) atoms. The Morgan fingerprint density at radius 3 is 2.53 bits per heavy atom. The predicted octanol–water partition coefficient (Wildman–Crippen LogP) is 6.33. The fourth-order valence-corrected chi connectivity index (χ4v) is 5.05. The standard InChI is InChI=1S/C27H29Cl2N5O2/c1-2-33-26-24(15-19(29)17-32-26)23-8-3-18(28)16-25(23)34(27(33)35)22-6-4-20(5-7-22)30-11-12-31-21-9-13-36-14-10-21/h3-8,15-17,21,30-31H,2,9-14H2,1H3. The van der Waals surface area contributed by atoms with E-state index in [1.165, 1.54) is 0 Å². The smallest absolute Gasteiger partial charge is 0.334 e. The summed E-state index contributed by atoms with van der Waals surface area (Å²) in [5.41, 5.74) is 4.06. The molecule has 0 spiro atoms. The predicted molar refractivity (Wildman–Crippen MR) is 147 cm³/mol. The molecule has 3 heterocycles. The highest BCUT2D eigenvalue weighted by Gasteiger charge is 2.33. The molecular weight excluding hydrogens is 497 g/mol. The molecule has 0 unspecified atom stereocenters. The van der Waals surface area contributed by atoms with E-state index in [-0.39, 0.29) is 6.03 Å². The molecule has 0 aliphatic carbocycles. The van der Waals surface area contributed by atoms with Crippen molar-refractivity contribution in [2.24, 2.45) is 0 Å². The highest BCUT2D eigenvalue weighted by molar-refractivity contribution is 6.32. The first-order chi connectivity index (χ1) is 17.5. The van der Waals surface area contributed by atoms with Crippen LogP contribution in [0.15, 0.2) is 54.7 Å². The van der Waals surface area contributed by atoms with Gasteiger partial charge in [0.1, 0.15) is 5.82 Å². The zero-order valence-corrected chi connectivity index (χ0v) is 21.6. The van der Waals surface area contributed by atoms with Crippen molar-refractivity contribution in [2.45, 2.75) is 25.8 Å². The van der Waals surface area contributed by atoms with Crippen LogP contribution in [-0.2, 0) is 4.74 Å². The molecule has 2 amide bonds. The Hall–Kier alpha value is -2.84. The Kier molecular flexibility index (Phi) is 7.62. The van der Waals surface area contributed by atoms with Crippen molar-refractivity contribution >= 4 is 52.1 Å². The van der Waals surface area contributed by atoms with Crippen LogP contribution in [0.3, 0.4) is 0 Å². The Bertz CT molecular complexity index is 1230. The van der Waals surface area contributed by atoms with Crippen molar-refractivity contribution in [1.82, 2.24) is 10.3 Å². The molecule has 0 radical (unpaired) electrons. The number of benzene rings is 2. The van der Waals surface area contributed by atoms with Crippen LogP contribution in [0.5, 0.6) is 0 Å². The fourth-order valence-electron chi connectivity index (χ4n) is 4.72. The first-order valence-corrected chi connectivity index (χ1v) is 13.0. The molecule has 3 aromatic rings. The average molecular weight is 526 g/mol. The van der Waals surface area contributed by atoms with Gasteiger partial charge in [0.25, 0.3) is 0 Å². The third-order valence-electron chi connectivity index (χ3n) is 6.55. The van der Waals surface area contributed by atoms with E-state index >= 15 is 0 Å². The lowest BCUT2D eigenvalue weighted by molar-refractivity contribution is 0.0784. The summed E-state index contributed by atoms with van der Waals surface area (Å²) in [6.45, 7) is 5.74. The van der Waals surface area contributed by atoms with Crippen LogP contribution in [0.1, 0.15) is 19.8 Å². The first kappa shape index (κ1) is 24.8. The van der Waals surface area contributed by atoms with Crippen LogP contribution in [-0.4, -0.2) is 49.9 Å². The highest BCUT2D eigenvalue weighted by Crippen LogP contribution is 2.45. The summed E-state index contributed by atoms with van der Waals surface area (Å²) in [6, 6.07) is 15.6. The van der Waals surface area contributed by atoms with Gasteiger partial charge in [-0.3, -0.25) is 9.80 Å². The van der Waals surface area contributed by atoms with E-state index in [9.17, 15) is 4.79 Å². The van der Waals surface area contributed by atoms with Gasteiger partial charge >= 0.3 is 6.03 Å². The highest BCUT2D eigenvalue weighted by atomic mass is 35.5. The van der Waals surface area contributed by atoms with Gasteiger partial charge in [-0.15, -0.1) is 0 Å². The van der Waals surface area contributed by atoms with Gasteiger partial charge in [0, 0.05) is 66.9 Å². The average Bonchev–Trinajstić information content (AvgIpc) is 2.99. The number of ether oxygens (including phenoxy) is 1. The van der Waals surface area contributed by atoms with Gasteiger partial charge in [-0.2, -0.15) is 0 Å². The van der Waals surface area contributed by atoms with Crippen LogP contribution >= 0.6 is 23.2 Å². The third-order valence-corrected chi connectivity index (χ3v) is 6.99. The van der Waals surface area contributed by atoms with Crippen LogP contribution in [0, 0.1) is 0 Å².